The molecule has 0 radical (unpaired) electrons. The van der Waals surface area contributed by atoms with Gasteiger partial charge in [-0.3, -0.25) is 15.0 Å². The number of amides is 1. The molecule has 4 rings (SSSR count). The average molecular weight is 322 g/mol. The molecule has 1 aromatic carbocycles. The van der Waals surface area contributed by atoms with Crippen LogP contribution in [-0.2, 0) is 0 Å². The Morgan fingerprint density at radius 3 is 2.79 bits per heavy atom. The molecule has 1 unspecified atom stereocenters. The van der Waals surface area contributed by atoms with Crippen LogP contribution in [0.15, 0.2) is 42.5 Å². The molecule has 1 atom stereocenters. The second-order valence-electron chi connectivity index (χ2n) is 5.84. The van der Waals surface area contributed by atoms with E-state index in [1.165, 1.54) is 0 Å². The summed E-state index contributed by atoms with van der Waals surface area (Å²) in [6.07, 6.45) is 2.20. The molecule has 24 heavy (non-hydrogen) atoms. The van der Waals surface area contributed by atoms with Crippen molar-refractivity contribution < 1.29 is 4.79 Å². The Morgan fingerprint density at radius 2 is 2.00 bits per heavy atom. The maximum absolute atomic E-state index is 12.3. The van der Waals surface area contributed by atoms with E-state index in [0.717, 1.165) is 36.3 Å². The molecule has 1 aliphatic heterocycles. The van der Waals surface area contributed by atoms with E-state index in [2.05, 4.69) is 31.0 Å². The second-order valence-corrected chi connectivity index (χ2v) is 5.84. The molecule has 1 aliphatic rings. The van der Waals surface area contributed by atoms with E-state index >= 15 is 0 Å². The van der Waals surface area contributed by atoms with Gasteiger partial charge in [-0.05, 0) is 31.0 Å². The molecule has 1 amide bonds. The molecule has 1 fully saturated rings. The lowest BCUT2D eigenvalue weighted by atomic mass is 10.1. The van der Waals surface area contributed by atoms with Gasteiger partial charge < -0.3 is 10.6 Å². The van der Waals surface area contributed by atoms with Crippen molar-refractivity contribution in [1.29, 1.82) is 0 Å². The molecule has 0 bridgehead atoms. The quantitative estimate of drug-likeness (QED) is 0.593. The number of carbonyl (C=O) groups excluding carboxylic acids is 1. The Morgan fingerprint density at radius 1 is 1.12 bits per heavy atom. The van der Waals surface area contributed by atoms with E-state index < -0.39 is 0 Å². The zero-order chi connectivity index (χ0) is 16.4. The molecule has 0 saturated carbocycles. The van der Waals surface area contributed by atoms with Crippen molar-refractivity contribution in [1.82, 2.24) is 25.7 Å². The maximum Gasteiger partial charge on any atom is 0.277 e. The van der Waals surface area contributed by atoms with E-state index in [4.69, 9.17) is 0 Å². The molecule has 1 saturated heterocycles. The SMILES string of the molecule is O=C(Nc1cc(-c2ccccc2)[nH]n1)c1cc(C2CCCN2)[nH]n1. The van der Waals surface area contributed by atoms with E-state index in [1.807, 2.05) is 30.3 Å². The molecule has 0 aliphatic carbocycles. The van der Waals surface area contributed by atoms with Crippen LogP contribution in [0.4, 0.5) is 5.82 Å². The zero-order valence-corrected chi connectivity index (χ0v) is 13.0. The number of anilines is 1. The Hall–Kier alpha value is -2.93. The fourth-order valence-corrected chi connectivity index (χ4v) is 2.91. The monoisotopic (exact) mass is 322 g/mol. The lowest BCUT2D eigenvalue weighted by molar-refractivity contribution is 0.102. The molecule has 122 valence electrons. The molecule has 7 nitrogen and oxygen atoms in total. The van der Waals surface area contributed by atoms with Crippen LogP contribution in [0.2, 0.25) is 0 Å². The van der Waals surface area contributed by atoms with Gasteiger partial charge in [-0.1, -0.05) is 30.3 Å². The van der Waals surface area contributed by atoms with Crippen molar-refractivity contribution in [2.24, 2.45) is 0 Å². The number of H-pyrrole nitrogens is 2. The van der Waals surface area contributed by atoms with Crippen molar-refractivity contribution in [3.05, 3.63) is 53.9 Å². The largest absolute Gasteiger partial charge is 0.309 e. The van der Waals surface area contributed by atoms with Crippen LogP contribution in [-0.4, -0.2) is 32.8 Å². The van der Waals surface area contributed by atoms with Crippen LogP contribution in [0.1, 0.15) is 35.1 Å². The summed E-state index contributed by atoms with van der Waals surface area (Å²) in [7, 11) is 0. The molecular weight excluding hydrogens is 304 g/mol. The number of hydrogen-bond acceptors (Lipinski definition) is 4. The van der Waals surface area contributed by atoms with Crippen LogP contribution in [0.3, 0.4) is 0 Å². The van der Waals surface area contributed by atoms with E-state index in [9.17, 15) is 4.79 Å². The van der Waals surface area contributed by atoms with Crippen LogP contribution in [0.25, 0.3) is 11.3 Å². The summed E-state index contributed by atoms with van der Waals surface area (Å²) < 4.78 is 0. The topological polar surface area (TPSA) is 98.5 Å². The molecule has 3 aromatic rings. The summed E-state index contributed by atoms with van der Waals surface area (Å²) in [5, 5.41) is 20.3. The zero-order valence-electron chi connectivity index (χ0n) is 13.0. The first-order chi connectivity index (χ1) is 11.8. The summed E-state index contributed by atoms with van der Waals surface area (Å²) in [6.45, 7) is 1.00. The van der Waals surface area contributed by atoms with Crippen molar-refractivity contribution >= 4 is 11.7 Å². The van der Waals surface area contributed by atoms with Gasteiger partial charge in [0, 0.05) is 12.1 Å². The number of hydrogen-bond donors (Lipinski definition) is 4. The molecule has 2 aromatic heterocycles. The standard InChI is InChI=1S/C17H18N6O/c24-17(15-9-14(21-22-15)12-7-4-8-18-12)19-16-10-13(20-23-16)11-5-2-1-3-6-11/h1-3,5-6,9-10,12,18H,4,7-8H2,(H,21,22)(H2,19,20,23,24). The number of aromatic nitrogens is 4. The normalized spacial score (nSPS) is 17.1. The van der Waals surface area contributed by atoms with Gasteiger partial charge in [-0.2, -0.15) is 10.2 Å². The first-order valence-corrected chi connectivity index (χ1v) is 8.00. The highest BCUT2D eigenvalue weighted by molar-refractivity contribution is 6.02. The van der Waals surface area contributed by atoms with Gasteiger partial charge in [0.1, 0.15) is 0 Å². The minimum absolute atomic E-state index is 0.258. The third-order valence-electron chi connectivity index (χ3n) is 4.17. The van der Waals surface area contributed by atoms with E-state index in [-0.39, 0.29) is 11.9 Å². The average Bonchev–Trinajstić information content (AvgIpc) is 3.36. The van der Waals surface area contributed by atoms with Gasteiger partial charge in [0.25, 0.3) is 5.91 Å². The fraction of sp³-hybridized carbons (Fsp3) is 0.235. The Balaban J connectivity index is 1.45. The van der Waals surface area contributed by atoms with Crippen LogP contribution in [0.5, 0.6) is 0 Å². The lowest BCUT2D eigenvalue weighted by Crippen LogP contribution is -2.13. The van der Waals surface area contributed by atoms with E-state index in [1.54, 1.807) is 12.1 Å². The molecule has 3 heterocycles. The molecule has 7 heteroatoms. The summed E-state index contributed by atoms with van der Waals surface area (Å²) in [4.78, 5) is 12.3. The van der Waals surface area contributed by atoms with Gasteiger partial charge in [0.05, 0.1) is 11.4 Å². The fourth-order valence-electron chi connectivity index (χ4n) is 2.91. The lowest BCUT2D eigenvalue weighted by Gasteiger charge is -2.05. The van der Waals surface area contributed by atoms with Crippen molar-refractivity contribution in [3.8, 4) is 11.3 Å². The predicted molar refractivity (Wildman–Crippen MR) is 90.5 cm³/mol. The third-order valence-corrected chi connectivity index (χ3v) is 4.17. The summed E-state index contributed by atoms with van der Waals surface area (Å²) >= 11 is 0. The van der Waals surface area contributed by atoms with Crippen LogP contribution < -0.4 is 10.6 Å². The van der Waals surface area contributed by atoms with Crippen molar-refractivity contribution in [2.75, 3.05) is 11.9 Å². The number of carbonyl (C=O) groups is 1. The second kappa shape index (κ2) is 6.29. The molecule has 0 spiro atoms. The number of aromatic amines is 2. The Labute approximate surface area is 138 Å². The van der Waals surface area contributed by atoms with Gasteiger partial charge in [-0.15, -0.1) is 0 Å². The minimum atomic E-state index is -0.276. The van der Waals surface area contributed by atoms with E-state index in [0.29, 0.717) is 11.5 Å². The highest BCUT2D eigenvalue weighted by atomic mass is 16.2. The number of nitrogens with zero attached hydrogens (tertiary/aromatic N) is 2. The number of nitrogens with one attached hydrogen (secondary N) is 4. The molecule has 4 N–H and O–H groups in total. The van der Waals surface area contributed by atoms with Gasteiger partial charge in [-0.25, -0.2) is 0 Å². The Kier molecular flexibility index (Phi) is 3.84. The smallest absolute Gasteiger partial charge is 0.277 e. The molecular formula is C17H18N6O. The summed E-state index contributed by atoms with van der Waals surface area (Å²) in [6, 6.07) is 13.7. The van der Waals surface area contributed by atoms with Gasteiger partial charge in [0.15, 0.2) is 11.5 Å². The van der Waals surface area contributed by atoms with Crippen molar-refractivity contribution in [3.63, 3.8) is 0 Å². The first-order valence-electron chi connectivity index (χ1n) is 8.00. The first kappa shape index (κ1) is 14.6. The highest BCUT2D eigenvalue weighted by Gasteiger charge is 2.20. The highest BCUT2D eigenvalue weighted by Crippen LogP contribution is 2.22. The number of rotatable bonds is 4. The van der Waals surface area contributed by atoms with Gasteiger partial charge in [0.2, 0.25) is 0 Å². The van der Waals surface area contributed by atoms with Crippen LogP contribution in [0, 0.1) is 0 Å². The summed E-state index contributed by atoms with van der Waals surface area (Å²) in [5.41, 5.74) is 3.18. The predicted octanol–water partition coefficient (Wildman–Crippen LogP) is 2.48. The van der Waals surface area contributed by atoms with Gasteiger partial charge >= 0.3 is 0 Å². The maximum atomic E-state index is 12.3. The Bertz CT molecular complexity index is 832. The van der Waals surface area contributed by atoms with Crippen LogP contribution >= 0.6 is 0 Å². The van der Waals surface area contributed by atoms with Crippen molar-refractivity contribution in [2.45, 2.75) is 18.9 Å². The third kappa shape index (κ3) is 2.93. The minimum Gasteiger partial charge on any atom is -0.309 e. The number of benzene rings is 1. The summed E-state index contributed by atoms with van der Waals surface area (Å²) in [5.74, 6) is 0.198.